The quantitative estimate of drug-likeness (QED) is 0.725. The number of rotatable bonds is 4. The maximum Gasteiger partial charge on any atom is 0.245 e. The van der Waals surface area contributed by atoms with E-state index in [1.807, 2.05) is 4.90 Å². The van der Waals surface area contributed by atoms with Gasteiger partial charge in [0.05, 0.1) is 18.8 Å². The van der Waals surface area contributed by atoms with E-state index in [9.17, 15) is 9.59 Å². The van der Waals surface area contributed by atoms with Gasteiger partial charge in [0.2, 0.25) is 11.8 Å². The number of likely N-dealkylation sites (tertiary alicyclic amines) is 1. The molecule has 1 saturated carbocycles. The van der Waals surface area contributed by atoms with Gasteiger partial charge in [-0.15, -0.1) is 0 Å². The third-order valence-corrected chi connectivity index (χ3v) is 6.66. The Morgan fingerprint density at radius 1 is 1.00 bits per heavy atom. The molecule has 0 aromatic heterocycles. The number of amides is 2. The van der Waals surface area contributed by atoms with E-state index in [1.165, 1.54) is 19.3 Å². The highest BCUT2D eigenvalue weighted by Gasteiger charge is 2.42. The predicted molar refractivity (Wildman–Crippen MR) is 100 cm³/mol. The van der Waals surface area contributed by atoms with E-state index >= 15 is 0 Å². The minimum absolute atomic E-state index is 0.0342. The topological polar surface area (TPSA) is 62.3 Å². The zero-order valence-corrected chi connectivity index (χ0v) is 16.5. The molecule has 1 aliphatic carbocycles. The SMILES string of the molecule is CC(=O)N1CC(OC2CCOC2)CC1C(=O)N1CCCN(C2CCC2)CC1. The Kier molecular flexibility index (Phi) is 5.99. The van der Waals surface area contributed by atoms with E-state index in [-0.39, 0.29) is 30.1 Å². The third kappa shape index (κ3) is 4.30. The van der Waals surface area contributed by atoms with Crippen LogP contribution in [0.25, 0.3) is 0 Å². The Balaban J connectivity index is 1.35. The lowest BCUT2D eigenvalue weighted by atomic mass is 9.91. The third-order valence-electron chi connectivity index (χ3n) is 6.66. The van der Waals surface area contributed by atoms with Gasteiger partial charge in [0, 0.05) is 58.7 Å². The van der Waals surface area contributed by atoms with Crippen LogP contribution >= 0.6 is 0 Å². The number of carbonyl (C=O) groups excluding carboxylic acids is 2. The molecule has 152 valence electrons. The second-order valence-electron chi connectivity index (χ2n) is 8.47. The molecule has 0 spiro atoms. The monoisotopic (exact) mass is 379 g/mol. The molecule has 3 unspecified atom stereocenters. The fourth-order valence-corrected chi connectivity index (χ4v) is 4.86. The normalized spacial score (nSPS) is 33.1. The van der Waals surface area contributed by atoms with Crippen molar-refractivity contribution in [1.29, 1.82) is 0 Å². The molecule has 4 aliphatic rings. The smallest absolute Gasteiger partial charge is 0.245 e. The Hall–Kier alpha value is -1.18. The average molecular weight is 380 g/mol. The standard InChI is InChI=1S/C20H33N3O4/c1-15(24)23-13-18(27-17-6-11-26-14-17)12-19(23)20(25)22-8-3-7-21(9-10-22)16-4-2-5-16/h16-19H,2-14H2,1H3. The molecule has 4 rings (SSSR count). The molecule has 3 heterocycles. The van der Waals surface area contributed by atoms with Gasteiger partial charge in [-0.1, -0.05) is 6.42 Å². The average Bonchev–Trinajstić information content (AvgIpc) is 3.19. The summed E-state index contributed by atoms with van der Waals surface area (Å²) in [7, 11) is 0. The van der Waals surface area contributed by atoms with Crippen molar-refractivity contribution in [2.75, 3.05) is 45.9 Å². The van der Waals surface area contributed by atoms with E-state index < -0.39 is 0 Å². The summed E-state index contributed by atoms with van der Waals surface area (Å²) in [6, 6.07) is 0.358. The molecular formula is C20H33N3O4. The molecule has 4 fully saturated rings. The summed E-state index contributed by atoms with van der Waals surface area (Å²) >= 11 is 0. The molecule has 7 heteroatoms. The molecule has 3 atom stereocenters. The molecule has 0 radical (unpaired) electrons. The molecule has 27 heavy (non-hydrogen) atoms. The van der Waals surface area contributed by atoms with Crippen LogP contribution in [0.4, 0.5) is 0 Å². The highest BCUT2D eigenvalue weighted by molar-refractivity contribution is 5.87. The molecule has 0 aromatic carbocycles. The minimum Gasteiger partial charge on any atom is -0.379 e. The summed E-state index contributed by atoms with van der Waals surface area (Å²) in [6.07, 6.45) is 6.52. The van der Waals surface area contributed by atoms with E-state index in [1.54, 1.807) is 11.8 Å². The largest absolute Gasteiger partial charge is 0.379 e. The van der Waals surface area contributed by atoms with Crippen LogP contribution in [0.1, 0.15) is 45.4 Å². The Labute approximate surface area is 161 Å². The molecule has 0 bridgehead atoms. The summed E-state index contributed by atoms with van der Waals surface area (Å²) in [6.45, 7) is 7.06. The number of hydrogen-bond donors (Lipinski definition) is 0. The molecule has 2 amide bonds. The van der Waals surface area contributed by atoms with E-state index in [0.717, 1.165) is 51.7 Å². The van der Waals surface area contributed by atoms with Crippen molar-refractivity contribution in [3.8, 4) is 0 Å². The van der Waals surface area contributed by atoms with E-state index in [4.69, 9.17) is 9.47 Å². The summed E-state index contributed by atoms with van der Waals surface area (Å²) < 4.78 is 11.5. The van der Waals surface area contributed by atoms with Crippen LogP contribution in [0.5, 0.6) is 0 Å². The number of carbonyl (C=O) groups is 2. The first-order chi connectivity index (χ1) is 13.1. The van der Waals surface area contributed by atoms with Crippen molar-refractivity contribution in [1.82, 2.24) is 14.7 Å². The minimum atomic E-state index is -0.370. The van der Waals surface area contributed by atoms with Crippen molar-refractivity contribution in [2.24, 2.45) is 0 Å². The summed E-state index contributed by atoms with van der Waals surface area (Å²) in [5.74, 6) is 0.0717. The van der Waals surface area contributed by atoms with Crippen LogP contribution in [0, 0.1) is 0 Å². The Morgan fingerprint density at radius 3 is 2.52 bits per heavy atom. The van der Waals surface area contributed by atoms with Gasteiger partial charge >= 0.3 is 0 Å². The number of hydrogen-bond acceptors (Lipinski definition) is 5. The summed E-state index contributed by atoms with van der Waals surface area (Å²) in [4.78, 5) is 31.7. The van der Waals surface area contributed by atoms with Crippen molar-refractivity contribution in [2.45, 2.75) is 69.7 Å². The molecule has 3 aliphatic heterocycles. The zero-order chi connectivity index (χ0) is 18.8. The molecule has 0 aromatic rings. The van der Waals surface area contributed by atoms with Gasteiger partial charge in [-0.25, -0.2) is 0 Å². The van der Waals surface area contributed by atoms with Crippen molar-refractivity contribution >= 4 is 11.8 Å². The van der Waals surface area contributed by atoms with Crippen LogP contribution in [-0.4, -0.2) is 96.7 Å². The number of ether oxygens (including phenoxy) is 2. The highest BCUT2D eigenvalue weighted by Crippen LogP contribution is 2.28. The molecule has 7 nitrogen and oxygen atoms in total. The zero-order valence-electron chi connectivity index (χ0n) is 16.5. The van der Waals surface area contributed by atoms with Gasteiger partial charge < -0.3 is 19.3 Å². The van der Waals surface area contributed by atoms with Gasteiger partial charge in [-0.2, -0.15) is 0 Å². The highest BCUT2D eigenvalue weighted by atomic mass is 16.6. The lowest BCUT2D eigenvalue weighted by Crippen LogP contribution is -2.48. The summed E-state index contributed by atoms with van der Waals surface area (Å²) in [5, 5.41) is 0. The van der Waals surface area contributed by atoms with E-state index in [0.29, 0.717) is 19.6 Å². The fraction of sp³-hybridized carbons (Fsp3) is 0.900. The van der Waals surface area contributed by atoms with Gasteiger partial charge in [0.25, 0.3) is 0 Å². The van der Waals surface area contributed by atoms with Gasteiger partial charge in [0.1, 0.15) is 6.04 Å². The maximum atomic E-state index is 13.2. The fourth-order valence-electron chi connectivity index (χ4n) is 4.86. The van der Waals surface area contributed by atoms with Crippen molar-refractivity contribution in [3.05, 3.63) is 0 Å². The number of nitrogens with zero attached hydrogens (tertiary/aromatic N) is 3. The molecular weight excluding hydrogens is 346 g/mol. The van der Waals surface area contributed by atoms with Gasteiger partial charge in [-0.05, 0) is 25.7 Å². The van der Waals surface area contributed by atoms with Crippen LogP contribution in [0.2, 0.25) is 0 Å². The van der Waals surface area contributed by atoms with Gasteiger partial charge in [-0.3, -0.25) is 14.5 Å². The van der Waals surface area contributed by atoms with Crippen LogP contribution < -0.4 is 0 Å². The first kappa shape index (κ1) is 19.2. The Morgan fingerprint density at radius 2 is 1.85 bits per heavy atom. The maximum absolute atomic E-state index is 13.2. The molecule has 3 saturated heterocycles. The second-order valence-corrected chi connectivity index (χ2v) is 8.47. The summed E-state index contributed by atoms with van der Waals surface area (Å²) in [5.41, 5.74) is 0. The predicted octanol–water partition coefficient (Wildman–Crippen LogP) is 0.868. The Bertz CT molecular complexity index is 547. The first-order valence-electron chi connectivity index (χ1n) is 10.6. The first-order valence-corrected chi connectivity index (χ1v) is 10.6. The lowest BCUT2D eigenvalue weighted by molar-refractivity contribution is -0.142. The van der Waals surface area contributed by atoms with Crippen LogP contribution in [0.3, 0.4) is 0 Å². The van der Waals surface area contributed by atoms with Crippen LogP contribution in [-0.2, 0) is 19.1 Å². The van der Waals surface area contributed by atoms with Gasteiger partial charge in [0.15, 0.2) is 0 Å². The molecule has 0 N–H and O–H groups in total. The lowest BCUT2D eigenvalue weighted by Gasteiger charge is -2.36. The van der Waals surface area contributed by atoms with Crippen molar-refractivity contribution < 1.29 is 19.1 Å². The second kappa shape index (κ2) is 8.45. The van der Waals surface area contributed by atoms with Crippen molar-refractivity contribution in [3.63, 3.8) is 0 Å². The van der Waals surface area contributed by atoms with E-state index in [2.05, 4.69) is 4.90 Å². The van der Waals surface area contributed by atoms with Crippen LogP contribution in [0.15, 0.2) is 0 Å².